The van der Waals surface area contributed by atoms with E-state index < -0.39 is 5.97 Å². The van der Waals surface area contributed by atoms with Crippen LogP contribution in [0.3, 0.4) is 0 Å². The normalized spacial score (nSPS) is 13.4. The summed E-state index contributed by atoms with van der Waals surface area (Å²) in [6, 6.07) is 18.5. The molecule has 1 N–H and O–H groups in total. The Morgan fingerprint density at radius 1 is 0.723 bits per heavy atom. The molecule has 2 aromatic rings. The third kappa shape index (κ3) is 17.4. The van der Waals surface area contributed by atoms with Gasteiger partial charge in [-0.05, 0) is 74.0 Å². The van der Waals surface area contributed by atoms with Crippen LogP contribution < -0.4 is 5.48 Å². The van der Waals surface area contributed by atoms with Gasteiger partial charge < -0.3 is 28.7 Å². The highest BCUT2D eigenvalue weighted by atomic mass is 16.7. The molecule has 0 saturated carbocycles. The number of carbonyl (C=O) groups is 3. The zero-order chi connectivity index (χ0) is 33.4. The monoisotopic (exact) mass is 654 g/mol. The average molecular weight is 655 g/mol. The van der Waals surface area contributed by atoms with Crippen molar-refractivity contribution in [3.8, 4) is 0 Å². The summed E-state index contributed by atoms with van der Waals surface area (Å²) >= 11 is 0. The number of hydrogen-bond donors (Lipinski definition) is 1. The number of aryl methyl sites for hydroxylation is 2. The SMILES string of the molecule is CCCOCCOCCOCCOCC(=O)N1CCC(CCC(=O)ONC(=O)Cc2ccc(CCCCc3ccccc3)cc2)CC1. The Balaban J connectivity index is 1.15. The summed E-state index contributed by atoms with van der Waals surface area (Å²) in [5.74, 6) is -0.512. The first-order valence-electron chi connectivity index (χ1n) is 17.2. The van der Waals surface area contributed by atoms with Crippen molar-refractivity contribution in [2.24, 2.45) is 5.92 Å². The van der Waals surface area contributed by atoms with Gasteiger partial charge in [0.1, 0.15) is 6.61 Å². The predicted molar refractivity (Wildman–Crippen MR) is 180 cm³/mol. The molecule has 0 atom stereocenters. The fraction of sp³-hybridized carbons (Fsp3) is 0.595. The first-order valence-corrected chi connectivity index (χ1v) is 17.2. The highest BCUT2D eigenvalue weighted by molar-refractivity contribution is 5.80. The van der Waals surface area contributed by atoms with Crippen molar-refractivity contribution in [3.05, 3.63) is 71.3 Å². The first-order chi connectivity index (χ1) is 23.0. The van der Waals surface area contributed by atoms with E-state index in [1.54, 1.807) is 0 Å². The van der Waals surface area contributed by atoms with E-state index in [9.17, 15) is 14.4 Å². The maximum absolute atomic E-state index is 12.5. The van der Waals surface area contributed by atoms with Crippen LogP contribution in [0.2, 0.25) is 0 Å². The van der Waals surface area contributed by atoms with Gasteiger partial charge in [0, 0.05) is 26.1 Å². The molecule has 1 aliphatic rings. The van der Waals surface area contributed by atoms with Crippen molar-refractivity contribution >= 4 is 17.8 Å². The number of piperidine rings is 1. The molecule has 0 radical (unpaired) electrons. The molecule has 1 fully saturated rings. The lowest BCUT2D eigenvalue weighted by atomic mass is 9.92. The van der Waals surface area contributed by atoms with Crippen LogP contribution in [-0.4, -0.2) is 88.6 Å². The maximum Gasteiger partial charge on any atom is 0.332 e. The number of unbranched alkanes of at least 4 members (excludes halogenated alkanes) is 1. The summed E-state index contributed by atoms with van der Waals surface area (Å²) in [4.78, 5) is 43.8. The first kappa shape index (κ1) is 38.1. The molecule has 1 heterocycles. The van der Waals surface area contributed by atoms with E-state index in [0.29, 0.717) is 65.1 Å². The number of likely N-dealkylation sites (tertiary alicyclic amines) is 1. The number of nitrogens with one attached hydrogen (secondary N) is 1. The Bertz CT molecular complexity index is 1140. The van der Waals surface area contributed by atoms with Crippen molar-refractivity contribution < 1.29 is 38.2 Å². The van der Waals surface area contributed by atoms with Gasteiger partial charge in [-0.1, -0.05) is 61.5 Å². The van der Waals surface area contributed by atoms with Gasteiger partial charge >= 0.3 is 5.97 Å². The van der Waals surface area contributed by atoms with E-state index in [1.165, 1.54) is 11.1 Å². The summed E-state index contributed by atoms with van der Waals surface area (Å²) < 4.78 is 21.7. The molecule has 10 nitrogen and oxygen atoms in total. The summed E-state index contributed by atoms with van der Waals surface area (Å²) in [7, 11) is 0. The van der Waals surface area contributed by atoms with Gasteiger partial charge in [0.15, 0.2) is 0 Å². The van der Waals surface area contributed by atoms with Crippen LogP contribution in [0.1, 0.15) is 68.6 Å². The highest BCUT2D eigenvalue weighted by Gasteiger charge is 2.23. The smallest absolute Gasteiger partial charge is 0.332 e. The molecule has 47 heavy (non-hydrogen) atoms. The summed E-state index contributed by atoms with van der Waals surface area (Å²) in [6.45, 7) is 7.01. The van der Waals surface area contributed by atoms with Crippen LogP contribution >= 0.6 is 0 Å². The standard InChI is InChI=1S/C37H54N2O8/c1-2-22-43-23-24-44-25-26-45-27-28-46-30-36(41)39-20-18-33(19-21-39)16-17-37(42)47-38-35(40)29-34-14-12-32(13-15-34)11-7-6-10-31-8-4-3-5-9-31/h3-5,8-9,12-15,33H,2,6-7,10-11,16-30H2,1H3,(H,38,40). The lowest BCUT2D eigenvalue weighted by Gasteiger charge is -2.31. The molecule has 1 aliphatic heterocycles. The van der Waals surface area contributed by atoms with Crippen molar-refractivity contribution in [1.82, 2.24) is 10.4 Å². The van der Waals surface area contributed by atoms with Gasteiger partial charge in [-0.3, -0.25) is 9.59 Å². The second-order valence-corrected chi connectivity index (χ2v) is 11.9. The number of hydroxylamine groups is 1. The van der Waals surface area contributed by atoms with Gasteiger partial charge in [0.25, 0.3) is 5.91 Å². The fourth-order valence-corrected chi connectivity index (χ4v) is 5.36. The minimum Gasteiger partial charge on any atom is -0.379 e. The number of hydrogen-bond acceptors (Lipinski definition) is 8. The molecular formula is C37H54N2O8. The molecule has 1 saturated heterocycles. The number of ether oxygens (including phenoxy) is 4. The summed E-state index contributed by atoms with van der Waals surface area (Å²) in [5, 5.41) is 0. The van der Waals surface area contributed by atoms with E-state index in [2.05, 4.69) is 48.8 Å². The molecule has 0 bridgehead atoms. The van der Waals surface area contributed by atoms with Crippen LogP contribution in [0.4, 0.5) is 0 Å². The Hall–Kier alpha value is -3.31. The van der Waals surface area contributed by atoms with Crippen molar-refractivity contribution in [2.45, 2.75) is 71.1 Å². The number of amides is 2. The zero-order valence-corrected chi connectivity index (χ0v) is 28.1. The molecular weight excluding hydrogens is 600 g/mol. The van der Waals surface area contributed by atoms with E-state index in [-0.39, 0.29) is 31.3 Å². The molecule has 0 aliphatic carbocycles. The maximum atomic E-state index is 12.5. The zero-order valence-electron chi connectivity index (χ0n) is 28.1. The van der Waals surface area contributed by atoms with Crippen LogP contribution in [0, 0.1) is 5.92 Å². The lowest BCUT2D eigenvalue weighted by molar-refractivity contribution is -0.158. The number of nitrogens with zero attached hydrogens (tertiary/aromatic N) is 1. The van der Waals surface area contributed by atoms with Crippen molar-refractivity contribution in [3.63, 3.8) is 0 Å². The van der Waals surface area contributed by atoms with Crippen LogP contribution in [0.15, 0.2) is 54.6 Å². The van der Waals surface area contributed by atoms with Crippen LogP contribution in [0.25, 0.3) is 0 Å². The number of benzene rings is 2. The molecule has 0 spiro atoms. The van der Waals surface area contributed by atoms with Crippen LogP contribution in [-0.2, 0) is 57.4 Å². The average Bonchev–Trinajstić information content (AvgIpc) is 3.10. The minimum absolute atomic E-state index is 0.0324. The fourth-order valence-electron chi connectivity index (χ4n) is 5.36. The van der Waals surface area contributed by atoms with E-state index in [0.717, 1.165) is 57.1 Å². The molecule has 2 aromatic carbocycles. The largest absolute Gasteiger partial charge is 0.379 e. The van der Waals surface area contributed by atoms with Gasteiger partial charge in [-0.25, -0.2) is 4.79 Å². The Morgan fingerprint density at radius 3 is 1.89 bits per heavy atom. The van der Waals surface area contributed by atoms with Crippen molar-refractivity contribution in [2.75, 3.05) is 65.9 Å². The molecule has 0 unspecified atom stereocenters. The molecule has 3 rings (SSSR count). The minimum atomic E-state index is -0.453. The van der Waals surface area contributed by atoms with E-state index in [1.807, 2.05) is 23.1 Å². The third-order valence-corrected chi connectivity index (χ3v) is 8.10. The van der Waals surface area contributed by atoms with Gasteiger partial charge in [-0.15, -0.1) is 0 Å². The highest BCUT2D eigenvalue weighted by Crippen LogP contribution is 2.22. The predicted octanol–water partition coefficient (Wildman–Crippen LogP) is 4.86. The molecule has 10 heteroatoms. The topological polar surface area (TPSA) is 113 Å². The number of rotatable bonds is 23. The molecule has 0 aromatic heterocycles. The van der Waals surface area contributed by atoms with E-state index in [4.69, 9.17) is 23.8 Å². The lowest BCUT2D eigenvalue weighted by Crippen LogP contribution is -2.40. The summed E-state index contributed by atoms with van der Waals surface area (Å²) in [5.41, 5.74) is 5.78. The van der Waals surface area contributed by atoms with Crippen molar-refractivity contribution in [1.29, 1.82) is 0 Å². The Labute approximate surface area is 280 Å². The van der Waals surface area contributed by atoms with E-state index >= 15 is 0 Å². The summed E-state index contributed by atoms with van der Waals surface area (Å²) in [6.07, 6.45) is 8.01. The molecule has 2 amide bonds. The second kappa shape index (κ2) is 23.9. The second-order valence-electron chi connectivity index (χ2n) is 11.9. The van der Waals surface area contributed by atoms with Gasteiger partial charge in [0.05, 0.1) is 46.1 Å². The quantitative estimate of drug-likeness (QED) is 0.134. The molecule has 260 valence electrons. The number of carbonyl (C=O) groups excluding carboxylic acids is 3. The van der Waals surface area contributed by atoms with Crippen LogP contribution in [0.5, 0.6) is 0 Å². The Kier molecular flexibility index (Phi) is 19.4. The van der Waals surface area contributed by atoms with Gasteiger partial charge in [0.2, 0.25) is 5.91 Å². The Morgan fingerprint density at radius 2 is 1.28 bits per heavy atom. The van der Waals surface area contributed by atoms with Gasteiger partial charge in [-0.2, -0.15) is 5.48 Å². The third-order valence-electron chi connectivity index (χ3n) is 8.10.